The van der Waals surface area contributed by atoms with E-state index in [4.69, 9.17) is 5.26 Å². The number of thiophene rings is 1. The lowest BCUT2D eigenvalue weighted by atomic mass is 10.0. The molecule has 1 aliphatic rings. The molecule has 0 aliphatic carbocycles. The number of hydrogen-bond donors (Lipinski definition) is 0. The third-order valence-electron chi connectivity index (χ3n) is 3.84. The van der Waals surface area contributed by atoms with Crippen LogP contribution < -0.4 is 0 Å². The number of hydrogen-bond acceptors (Lipinski definition) is 3. The van der Waals surface area contributed by atoms with Crippen LogP contribution in [0, 0.1) is 11.3 Å². The first-order valence-corrected chi connectivity index (χ1v) is 8.17. The van der Waals surface area contributed by atoms with Gasteiger partial charge in [-0.25, -0.2) is 0 Å². The minimum Gasteiger partial charge on any atom is -0.337 e. The summed E-state index contributed by atoms with van der Waals surface area (Å²) >= 11 is 1.35. The quantitative estimate of drug-likeness (QED) is 0.843. The van der Waals surface area contributed by atoms with Crippen molar-refractivity contribution in [2.75, 3.05) is 13.1 Å². The maximum atomic E-state index is 12.5. The second kappa shape index (κ2) is 6.59. The molecule has 4 heteroatoms. The van der Waals surface area contributed by atoms with E-state index in [9.17, 15) is 4.79 Å². The van der Waals surface area contributed by atoms with E-state index in [1.54, 1.807) is 11.4 Å². The van der Waals surface area contributed by atoms with Crippen molar-refractivity contribution in [2.45, 2.75) is 12.8 Å². The predicted molar refractivity (Wildman–Crippen MR) is 88.6 cm³/mol. The highest BCUT2D eigenvalue weighted by Crippen LogP contribution is 2.24. The van der Waals surface area contributed by atoms with Crippen LogP contribution in [-0.2, 0) is 0 Å². The van der Waals surface area contributed by atoms with Crippen LogP contribution in [0.5, 0.6) is 0 Å². The van der Waals surface area contributed by atoms with Crippen molar-refractivity contribution in [1.82, 2.24) is 4.90 Å². The van der Waals surface area contributed by atoms with Crippen molar-refractivity contribution in [3.05, 3.63) is 63.4 Å². The van der Waals surface area contributed by atoms with E-state index in [0.717, 1.165) is 25.9 Å². The van der Waals surface area contributed by atoms with Gasteiger partial charge in [0.2, 0.25) is 0 Å². The summed E-state index contributed by atoms with van der Waals surface area (Å²) in [4.78, 5) is 14.9. The van der Waals surface area contributed by atoms with Crippen molar-refractivity contribution < 1.29 is 4.79 Å². The second-order valence-corrected chi connectivity index (χ2v) is 6.20. The van der Waals surface area contributed by atoms with Crippen LogP contribution in [0.2, 0.25) is 0 Å². The van der Waals surface area contributed by atoms with Crippen LogP contribution in [-0.4, -0.2) is 23.9 Å². The summed E-state index contributed by atoms with van der Waals surface area (Å²) < 4.78 is 0. The molecule has 0 unspecified atom stereocenters. The van der Waals surface area contributed by atoms with E-state index in [1.165, 1.54) is 22.5 Å². The van der Waals surface area contributed by atoms with Gasteiger partial charge in [-0.1, -0.05) is 42.0 Å². The van der Waals surface area contributed by atoms with Gasteiger partial charge < -0.3 is 4.90 Å². The average molecular weight is 308 g/mol. The molecule has 0 atom stereocenters. The minimum absolute atomic E-state index is 0.00897. The number of amides is 1. The molecule has 0 bridgehead atoms. The zero-order valence-electron chi connectivity index (χ0n) is 12.2. The molecular formula is C18H16N2OS. The molecule has 2 heterocycles. The van der Waals surface area contributed by atoms with E-state index >= 15 is 0 Å². The second-order valence-electron chi connectivity index (χ2n) is 5.28. The molecule has 3 rings (SSSR count). The zero-order chi connectivity index (χ0) is 15.4. The summed E-state index contributed by atoms with van der Waals surface area (Å²) in [5, 5.41) is 10.8. The third-order valence-corrected chi connectivity index (χ3v) is 4.75. The molecule has 1 amide bonds. The van der Waals surface area contributed by atoms with Crippen LogP contribution in [0.3, 0.4) is 0 Å². The van der Waals surface area contributed by atoms with Crippen molar-refractivity contribution in [3.8, 4) is 6.07 Å². The summed E-state index contributed by atoms with van der Waals surface area (Å²) in [7, 11) is 0. The molecule has 1 fully saturated rings. The fraction of sp³-hybridized carbons (Fsp3) is 0.222. The van der Waals surface area contributed by atoms with Crippen LogP contribution in [0.1, 0.15) is 33.6 Å². The molecule has 0 N–H and O–H groups in total. The van der Waals surface area contributed by atoms with Gasteiger partial charge in [0.05, 0.1) is 5.56 Å². The van der Waals surface area contributed by atoms with Gasteiger partial charge in [0.1, 0.15) is 10.9 Å². The molecule has 0 spiro atoms. The van der Waals surface area contributed by atoms with E-state index in [-0.39, 0.29) is 5.91 Å². The van der Waals surface area contributed by atoms with Crippen molar-refractivity contribution in [3.63, 3.8) is 0 Å². The monoisotopic (exact) mass is 308 g/mol. The normalized spacial score (nSPS) is 14.5. The summed E-state index contributed by atoms with van der Waals surface area (Å²) in [6.45, 7) is 1.44. The molecule has 2 aromatic rings. The topological polar surface area (TPSA) is 44.1 Å². The molecule has 1 aromatic heterocycles. The van der Waals surface area contributed by atoms with Crippen molar-refractivity contribution >= 4 is 23.3 Å². The lowest BCUT2D eigenvalue weighted by Gasteiger charge is -2.28. The number of benzene rings is 1. The lowest BCUT2D eigenvalue weighted by Crippen LogP contribution is -2.36. The van der Waals surface area contributed by atoms with Gasteiger partial charge >= 0.3 is 0 Å². The first-order chi connectivity index (χ1) is 10.8. The molecule has 1 aliphatic heterocycles. The van der Waals surface area contributed by atoms with E-state index in [1.807, 2.05) is 23.1 Å². The molecule has 3 nitrogen and oxygen atoms in total. The zero-order valence-corrected chi connectivity index (χ0v) is 13.0. The summed E-state index contributed by atoms with van der Waals surface area (Å²) in [6, 6.07) is 14.1. The van der Waals surface area contributed by atoms with Gasteiger partial charge in [-0.2, -0.15) is 5.26 Å². The Bertz CT molecular complexity index is 730. The molecule has 1 saturated heterocycles. The van der Waals surface area contributed by atoms with Crippen LogP contribution in [0.4, 0.5) is 0 Å². The number of nitriles is 1. The smallest absolute Gasteiger partial charge is 0.265 e. The Morgan fingerprint density at radius 3 is 2.59 bits per heavy atom. The Kier molecular flexibility index (Phi) is 4.36. The Morgan fingerprint density at radius 2 is 1.91 bits per heavy atom. The molecule has 0 radical (unpaired) electrons. The Labute approximate surface area is 134 Å². The summed E-state index contributed by atoms with van der Waals surface area (Å²) in [6.07, 6.45) is 4.01. The van der Waals surface area contributed by atoms with E-state index in [0.29, 0.717) is 10.4 Å². The Hall–Kier alpha value is -2.38. The number of nitrogens with zero attached hydrogens (tertiary/aromatic N) is 2. The third kappa shape index (κ3) is 3.10. The number of rotatable bonds is 2. The molecule has 0 saturated carbocycles. The van der Waals surface area contributed by atoms with Gasteiger partial charge in [-0.3, -0.25) is 4.79 Å². The maximum Gasteiger partial charge on any atom is 0.265 e. The van der Waals surface area contributed by atoms with Crippen molar-refractivity contribution in [1.29, 1.82) is 5.26 Å². The van der Waals surface area contributed by atoms with E-state index in [2.05, 4.69) is 24.3 Å². The average Bonchev–Trinajstić information content (AvgIpc) is 3.04. The minimum atomic E-state index is -0.00897. The number of carbonyl (C=O) groups is 1. The predicted octanol–water partition coefficient (Wildman–Crippen LogP) is 3.94. The molecule has 22 heavy (non-hydrogen) atoms. The highest BCUT2D eigenvalue weighted by Gasteiger charge is 2.23. The van der Waals surface area contributed by atoms with Gasteiger partial charge in [-0.05, 0) is 29.9 Å². The summed E-state index contributed by atoms with van der Waals surface area (Å²) in [5.74, 6) is -0.00897. The van der Waals surface area contributed by atoms with Gasteiger partial charge in [0.25, 0.3) is 5.91 Å². The van der Waals surface area contributed by atoms with Crippen molar-refractivity contribution in [2.24, 2.45) is 0 Å². The van der Waals surface area contributed by atoms with Gasteiger partial charge in [0, 0.05) is 13.1 Å². The first kappa shape index (κ1) is 14.6. The van der Waals surface area contributed by atoms with Crippen LogP contribution in [0.15, 0.2) is 47.4 Å². The number of likely N-dealkylation sites (tertiary alicyclic amines) is 1. The standard InChI is InChI=1S/C18H16N2OS/c19-13-16-8-11-22-17(16)18(21)20-9-6-15(7-10-20)12-14-4-2-1-3-5-14/h1-5,8,11-12H,6-7,9-10H2. The number of carbonyl (C=O) groups excluding carboxylic acids is 1. The maximum absolute atomic E-state index is 12.5. The van der Waals surface area contributed by atoms with Crippen LogP contribution in [0.25, 0.3) is 6.08 Å². The fourth-order valence-electron chi connectivity index (χ4n) is 2.63. The van der Waals surface area contributed by atoms with Crippen LogP contribution >= 0.6 is 11.3 Å². The van der Waals surface area contributed by atoms with Gasteiger partial charge in [-0.15, -0.1) is 11.3 Å². The molecular weight excluding hydrogens is 292 g/mol. The lowest BCUT2D eigenvalue weighted by molar-refractivity contribution is 0.0748. The highest BCUT2D eigenvalue weighted by molar-refractivity contribution is 7.12. The molecule has 110 valence electrons. The highest BCUT2D eigenvalue weighted by atomic mass is 32.1. The SMILES string of the molecule is N#Cc1ccsc1C(=O)N1CCC(=Cc2ccccc2)CC1. The molecule has 1 aromatic carbocycles. The Balaban J connectivity index is 1.66. The number of piperidine rings is 1. The van der Waals surface area contributed by atoms with Gasteiger partial charge in [0.15, 0.2) is 0 Å². The summed E-state index contributed by atoms with van der Waals surface area (Å²) in [5.41, 5.74) is 3.07. The largest absolute Gasteiger partial charge is 0.337 e. The van der Waals surface area contributed by atoms with E-state index < -0.39 is 0 Å². The fourth-order valence-corrected chi connectivity index (χ4v) is 3.44. The first-order valence-electron chi connectivity index (χ1n) is 7.29. The Morgan fingerprint density at radius 1 is 1.18 bits per heavy atom.